The minimum absolute atomic E-state index is 0.204. The lowest BCUT2D eigenvalue weighted by Gasteiger charge is -2.17. The molecular weight excluding hydrogens is 305 g/mol. The molecule has 108 valence electrons. The van der Waals surface area contributed by atoms with Crippen LogP contribution >= 0.6 is 23.4 Å². The fourth-order valence-electron chi connectivity index (χ4n) is 2.34. The summed E-state index contributed by atoms with van der Waals surface area (Å²) in [6, 6.07) is 12.6. The average Bonchev–Trinajstić information content (AvgIpc) is 2.51. The van der Waals surface area contributed by atoms with Crippen molar-refractivity contribution in [3.8, 4) is 0 Å². The van der Waals surface area contributed by atoms with Crippen molar-refractivity contribution in [3.05, 3.63) is 64.9 Å². The maximum absolute atomic E-state index is 13.6. The third kappa shape index (κ3) is 3.67. The molecule has 0 saturated heterocycles. The van der Waals surface area contributed by atoms with Crippen LogP contribution in [0.5, 0.6) is 0 Å². The van der Waals surface area contributed by atoms with Crippen LogP contribution in [0.4, 0.5) is 4.39 Å². The lowest BCUT2D eigenvalue weighted by molar-refractivity contribution is 0.623. The van der Waals surface area contributed by atoms with Gasteiger partial charge in [0.25, 0.3) is 0 Å². The molecule has 0 spiro atoms. The quantitative estimate of drug-likeness (QED) is 0.853. The van der Waals surface area contributed by atoms with E-state index < -0.39 is 0 Å². The first-order valence-electron chi connectivity index (χ1n) is 6.85. The van der Waals surface area contributed by atoms with Gasteiger partial charge in [-0.3, -0.25) is 0 Å². The van der Waals surface area contributed by atoms with Crippen LogP contribution < -0.4 is 5.32 Å². The van der Waals surface area contributed by atoms with Gasteiger partial charge in [-0.1, -0.05) is 35.5 Å². The number of hydrogen-bond donors (Lipinski definition) is 1. The molecule has 0 aromatic heterocycles. The van der Waals surface area contributed by atoms with Crippen LogP contribution in [0.2, 0.25) is 5.02 Å². The summed E-state index contributed by atoms with van der Waals surface area (Å²) in [5, 5.41) is 4.01. The Hall–Kier alpha value is -1.29. The fourth-order valence-corrected chi connectivity index (χ4v) is 3.48. The Balaban J connectivity index is 1.94. The number of rotatable bonds is 3. The van der Waals surface area contributed by atoms with Gasteiger partial charge in [0.2, 0.25) is 0 Å². The van der Waals surface area contributed by atoms with Crippen LogP contribution in [0.3, 0.4) is 0 Å². The summed E-state index contributed by atoms with van der Waals surface area (Å²) in [7, 11) is 0. The Morgan fingerprint density at radius 3 is 2.62 bits per heavy atom. The molecule has 0 unspecified atom stereocenters. The van der Waals surface area contributed by atoms with Crippen LogP contribution in [0.1, 0.15) is 12.0 Å². The van der Waals surface area contributed by atoms with E-state index in [4.69, 9.17) is 11.6 Å². The molecule has 1 N–H and O–H groups in total. The summed E-state index contributed by atoms with van der Waals surface area (Å²) in [5.74, 6) is -0.204. The summed E-state index contributed by atoms with van der Waals surface area (Å²) >= 11 is 7.48. The molecule has 2 aromatic rings. The SMILES string of the molecule is Fc1ccc(C2=CCNCC2)c(Sc2ccc(Cl)cc2)c1. The molecule has 1 aliphatic rings. The lowest BCUT2D eigenvalue weighted by Crippen LogP contribution is -2.20. The van der Waals surface area contributed by atoms with E-state index in [1.165, 1.54) is 11.6 Å². The summed E-state index contributed by atoms with van der Waals surface area (Å²) in [6.45, 7) is 1.84. The molecule has 3 rings (SSSR count). The highest BCUT2D eigenvalue weighted by Gasteiger charge is 2.12. The third-order valence-electron chi connectivity index (χ3n) is 3.39. The van der Waals surface area contributed by atoms with E-state index in [1.54, 1.807) is 17.8 Å². The molecule has 0 fully saturated rings. The normalized spacial score (nSPS) is 14.9. The standard InChI is InChI=1S/C17H15ClFNS/c18-13-1-4-15(5-2-13)21-17-11-14(19)3-6-16(17)12-7-9-20-10-8-12/h1-7,11,20H,8-10H2. The van der Waals surface area contributed by atoms with Crippen LogP contribution in [0.15, 0.2) is 58.3 Å². The first-order valence-corrected chi connectivity index (χ1v) is 8.05. The summed E-state index contributed by atoms with van der Waals surface area (Å²) in [5.41, 5.74) is 2.41. The Morgan fingerprint density at radius 1 is 1.10 bits per heavy atom. The van der Waals surface area contributed by atoms with Gasteiger partial charge in [0.05, 0.1) is 0 Å². The third-order valence-corrected chi connectivity index (χ3v) is 4.71. The van der Waals surface area contributed by atoms with Gasteiger partial charge in [-0.05, 0) is 60.5 Å². The number of nitrogens with one attached hydrogen (secondary N) is 1. The zero-order valence-corrected chi connectivity index (χ0v) is 13.0. The van der Waals surface area contributed by atoms with Gasteiger partial charge in [0.1, 0.15) is 5.82 Å². The molecule has 1 nitrogen and oxygen atoms in total. The number of benzene rings is 2. The van der Waals surface area contributed by atoms with Gasteiger partial charge in [-0.25, -0.2) is 4.39 Å². The van der Waals surface area contributed by atoms with Crippen molar-refractivity contribution in [2.45, 2.75) is 16.2 Å². The summed E-state index contributed by atoms with van der Waals surface area (Å²) in [4.78, 5) is 2.01. The first-order chi connectivity index (χ1) is 10.2. The van der Waals surface area contributed by atoms with Gasteiger partial charge in [-0.2, -0.15) is 0 Å². The Bertz CT molecular complexity index is 667. The Labute approximate surface area is 133 Å². The maximum atomic E-state index is 13.6. The van der Waals surface area contributed by atoms with Gasteiger partial charge < -0.3 is 5.32 Å². The Morgan fingerprint density at radius 2 is 1.90 bits per heavy atom. The van der Waals surface area contributed by atoms with E-state index in [0.29, 0.717) is 5.02 Å². The van der Waals surface area contributed by atoms with E-state index in [0.717, 1.165) is 34.9 Å². The molecule has 2 aromatic carbocycles. The zero-order valence-electron chi connectivity index (χ0n) is 11.4. The van der Waals surface area contributed by atoms with Crippen molar-refractivity contribution >= 4 is 28.9 Å². The lowest BCUT2D eigenvalue weighted by atomic mass is 10.0. The fraction of sp³-hybridized carbons (Fsp3) is 0.176. The minimum Gasteiger partial charge on any atom is -0.313 e. The molecule has 21 heavy (non-hydrogen) atoms. The monoisotopic (exact) mass is 319 g/mol. The smallest absolute Gasteiger partial charge is 0.124 e. The van der Waals surface area contributed by atoms with Crippen LogP contribution in [0.25, 0.3) is 5.57 Å². The predicted octanol–water partition coefficient (Wildman–Crippen LogP) is 5.01. The topological polar surface area (TPSA) is 12.0 Å². The van der Waals surface area contributed by atoms with Crippen LogP contribution in [-0.2, 0) is 0 Å². The van der Waals surface area contributed by atoms with Crippen molar-refractivity contribution in [2.24, 2.45) is 0 Å². The maximum Gasteiger partial charge on any atom is 0.124 e. The molecule has 1 aliphatic heterocycles. The van der Waals surface area contributed by atoms with Crippen LogP contribution in [-0.4, -0.2) is 13.1 Å². The van der Waals surface area contributed by atoms with Crippen molar-refractivity contribution < 1.29 is 4.39 Å². The summed E-state index contributed by atoms with van der Waals surface area (Å²) in [6.07, 6.45) is 3.16. The van der Waals surface area contributed by atoms with Gasteiger partial charge in [0, 0.05) is 21.4 Å². The Kier molecular flexibility index (Phi) is 4.63. The minimum atomic E-state index is -0.204. The number of hydrogen-bond acceptors (Lipinski definition) is 2. The highest BCUT2D eigenvalue weighted by molar-refractivity contribution is 7.99. The van der Waals surface area contributed by atoms with E-state index >= 15 is 0 Å². The van der Waals surface area contributed by atoms with Gasteiger partial charge in [-0.15, -0.1) is 0 Å². The molecule has 0 radical (unpaired) electrons. The van der Waals surface area contributed by atoms with Gasteiger partial charge >= 0.3 is 0 Å². The molecule has 1 heterocycles. The molecule has 0 bridgehead atoms. The van der Waals surface area contributed by atoms with E-state index in [-0.39, 0.29) is 5.82 Å². The van der Waals surface area contributed by atoms with Crippen molar-refractivity contribution in [1.29, 1.82) is 0 Å². The first kappa shape index (κ1) is 14.6. The van der Waals surface area contributed by atoms with E-state index in [9.17, 15) is 4.39 Å². The highest BCUT2D eigenvalue weighted by atomic mass is 35.5. The van der Waals surface area contributed by atoms with Crippen molar-refractivity contribution in [1.82, 2.24) is 5.32 Å². The zero-order chi connectivity index (χ0) is 14.7. The second-order valence-electron chi connectivity index (χ2n) is 4.88. The highest BCUT2D eigenvalue weighted by Crippen LogP contribution is 2.36. The van der Waals surface area contributed by atoms with Crippen LogP contribution in [0, 0.1) is 5.82 Å². The number of halogens is 2. The molecule has 4 heteroatoms. The molecule has 0 amide bonds. The molecule has 0 atom stereocenters. The largest absolute Gasteiger partial charge is 0.313 e. The molecule has 0 saturated carbocycles. The second kappa shape index (κ2) is 6.65. The van der Waals surface area contributed by atoms with Crippen molar-refractivity contribution in [2.75, 3.05) is 13.1 Å². The van der Waals surface area contributed by atoms with Gasteiger partial charge in [0.15, 0.2) is 0 Å². The molecule has 0 aliphatic carbocycles. The summed E-state index contributed by atoms with van der Waals surface area (Å²) < 4.78 is 13.6. The predicted molar refractivity (Wildman–Crippen MR) is 87.4 cm³/mol. The van der Waals surface area contributed by atoms with E-state index in [2.05, 4.69) is 11.4 Å². The second-order valence-corrected chi connectivity index (χ2v) is 6.43. The average molecular weight is 320 g/mol. The molecular formula is C17H15ClFNS. The van der Waals surface area contributed by atoms with Crippen molar-refractivity contribution in [3.63, 3.8) is 0 Å². The van der Waals surface area contributed by atoms with E-state index in [1.807, 2.05) is 30.3 Å².